The minimum Gasteiger partial charge on any atom is -0.395 e. The molecule has 0 bridgehead atoms. The zero-order chi connectivity index (χ0) is 11.3. The van der Waals surface area contributed by atoms with Crippen LogP contribution in [0.2, 0.25) is 5.02 Å². The van der Waals surface area contributed by atoms with Gasteiger partial charge in [-0.15, -0.1) is 0 Å². The van der Waals surface area contributed by atoms with Gasteiger partial charge in [0.2, 0.25) is 0 Å². The van der Waals surface area contributed by atoms with Crippen LogP contribution in [0.5, 0.6) is 0 Å². The molecule has 4 heteroatoms. The van der Waals surface area contributed by atoms with Crippen molar-refractivity contribution in [2.24, 2.45) is 0 Å². The Kier molecular flexibility index (Phi) is 5.02. The predicted octanol–water partition coefficient (Wildman–Crippen LogP) is 2.34. The van der Waals surface area contributed by atoms with Gasteiger partial charge in [-0.2, -0.15) is 0 Å². The van der Waals surface area contributed by atoms with Crippen molar-refractivity contribution in [3.8, 4) is 0 Å². The van der Waals surface area contributed by atoms with Crippen molar-refractivity contribution in [3.63, 3.8) is 0 Å². The molecular formula is C11H15ClFNO. The van der Waals surface area contributed by atoms with E-state index in [9.17, 15) is 4.39 Å². The Morgan fingerprint density at radius 1 is 1.53 bits per heavy atom. The minimum atomic E-state index is -0.317. The summed E-state index contributed by atoms with van der Waals surface area (Å²) in [6.07, 6.45) is 0.794. The molecule has 1 atom stereocenters. The second kappa shape index (κ2) is 6.05. The number of nitrogens with one attached hydrogen (secondary N) is 1. The summed E-state index contributed by atoms with van der Waals surface area (Å²) in [5.41, 5.74) is 0.450. The number of hydrogen-bond donors (Lipinski definition) is 2. The van der Waals surface area contributed by atoms with Crippen molar-refractivity contribution >= 4 is 11.6 Å². The average molecular weight is 232 g/mol. The van der Waals surface area contributed by atoms with Gasteiger partial charge in [-0.1, -0.05) is 24.6 Å². The topological polar surface area (TPSA) is 32.3 Å². The van der Waals surface area contributed by atoms with E-state index in [0.29, 0.717) is 17.1 Å². The monoisotopic (exact) mass is 231 g/mol. The molecule has 0 heterocycles. The molecule has 1 aromatic rings. The summed E-state index contributed by atoms with van der Waals surface area (Å²) < 4.78 is 13.3. The lowest BCUT2D eigenvalue weighted by Gasteiger charge is -2.14. The summed E-state index contributed by atoms with van der Waals surface area (Å²) in [7, 11) is 0. The Hall–Kier alpha value is -0.640. The fourth-order valence-corrected chi connectivity index (χ4v) is 1.52. The van der Waals surface area contributed by atoms with Crippen molar-refractivity contribution in [2.75, 3.05) is 6.61 Å². The van der Waals surface area contributed by atoms with Gasteiger partial charge < -0.3 is 10.4 Å². The summed E-state index contributed by atoms with van der Waals surface area (Å²) in [5, 5.41) is 12.4. The third-order valence-electron chi connectivity index (χ3n) is 2.34. The first kappa shape index (κ1) is 12.4. The van der Waals surface area contributed by atoms with Crippen molar-refractivity contribution in [1.82, 2.24) is 5.32 Å². The molecule has 0 saturated heterocycles. The lowest BCUT2D eigenvalue weighted by molar-refractivity contribution is 0.238. The maximum Gasteiger partial charge on any atom is 0.129 e. The zero-order valence-corrected chi connectivity index (χ0v) is 9.39. The third kappa shape index (κ3) is 3.45. The second-order valence-electron chi connectivity index (χ2n) is 3.37. The lowest BCUT2D eigenvalue weighted by Crippen LogP contribution is -2.31. The molecule has 0 aliphatic carbocycles. The van der Waals surface area contributed by atoms with Gasteiger partial charge in [-0.25, -0.2) is 4.39 Å². The number of hydrogen-bond acceptors (Lipinski definition) is 2. The molecular weight excluding hydrogens is 217 g/mol. The summed E-state index contributed by atoms with van der Waals surface area (Å²) in [4.78, 5) is 0. The van der Waals surface area contributed by atoms with E-state index in [1.807, 2.05) is 6.92 Å². The number of benzene rings is 1. The molecule has 0 unspecified atom stereocenters. The van der Waals surface area contributed by atoms with Crippen LogP contribution in [0.3, 0.4) is 0 Å². The van der Waals surface area contributed by atoms with Gasteiger partial charge in [0.25, 0.3) is 0 Å². The number of halogens is 2. The van der Waals surface area contributed by atoms with E-state index in [0.717, 1.165) is 6.42 Å². The SMILES string of the molecule is CC[C@H](CO)NCc1c(F)cccc1Cl. The largest absolute Gasteiger partial charge is 0.395 e. The van der Waals surface area contributed by atoms with Gasteiger partial charge >= 0.3 is 0 Å². The van der Waals surface area contributed by atoms with Gasteiger partial charge in [0.1, 0.15) is 5.82 Å². The van der Waals surface area contributed by atoms with Crippen molar-refractivity contribution in [1.29, 1.82) is 0 Å². The van der Waals surface area contributed by atoms with Crippen LogP contribution in [0.25, 0.3) is 0 Å². The highest BCUT2D eigenvalue weighted by Crippen LogP contribution is 2.18. The molecule has 15 heavy (non-hydrogen) atoms. The molecule has 1 rings (SSSR count). The molecule has 0 aliphatic heterocycles. The van der Waals surface area contributed by atoms with Gasteiger partial charge in [0.15, 0.2) is 0 Å². The highest BCUT2D eigenvalue weighted by Gasteiger charge is 2.09. The van der Waals surface area contributed by atoms with E-state index in [4.69, 9.17) is 16.7 Å². The summed E-state index contributed by atoms with van der Waals surface area (Å²) in [5.74, 6) is -0.317. The normalized spacial score (nSPS) is 12.8. The molecule has 0 saturated carbocycles. The van der Waals surface area contributed by atoms with Crippen LogP contribution in [0.15, 0.2) is 18.2 Å². The molecule has 0 aromatic heterocycles. The van der Waals surface area contributed by atoms with E-state index >= 15 is 0 Å². The van der Waals surface area contributed by atoms with Crippen LogP contribution in [-0.2, 0) is 6.54 Å². The van der Waals surface area contributed by atoms with E-state index < -0.39 is 0 Å². The molecule has 2 N–H and O–H groups in total. The fourth-order valence-electron chi connectivity index (χ4n) is 1.29. The van der Waals surface area contributed by atoms with Gasteiger partial charge in [0, 0.05) is 23.2 Å². The fraction of sp³-hybridized carbons (Fsp3) is 0.455. The first-order valence-corrected chi connectivity index (χ1v) is 5.34. The standard InChI is InChI=1S/C11H15ClFNO/c1-2-8(7-15)14-6-9-10(12)4-3-5-11(9)13/h3-5,8,14-15H,2,6-7H2,1H3/t8-/m1/s1. The highest BCUT2D eigenvalue weighted by molar-refractivity contribution is 6.31. The summed E-state index contributed by atoms with van der Waals surface area (Å²) in [6, 6.07) is 4.59. The van der Waals surface area contributed by atoms with E-state index in [1.165, 1.54) is 6.07 Å². The van der Waals surface area contributed by atoms with Crippen LogP contribution < -0.4 is 5.32 Å². The minimum absolute atomic E-state index is 0.0133. The molecule has 2 nitrogen and oxygen atoms in total. The molecule has 0 radical (unpaired) electrons. The third-order valence-corrected chi connectivity index (χ3v) is 2.70. The van der Waals surface area contributed by atoms with E-state index in [2.05, 4.69) is 5.32 Å². The number of aliphatic hydroxyl groups is 1. The number of rotatable bonds is 5. The quantitative estimate of drug-likeness (QED) is 0.815. The van der Waals surface area contributed by atoms with Crippen LogP contribution >= 0.6 is 11.6 Å². The lowest BCUT2D eigenvalue weighted by atomic mass is 10.2. The van der Waals surface area contributed by atoms with E-state index in [-0.39, 0.29) is 18.5 Å². The molecule has 0 spiro atoms. The molecule has 0 fully saturated rings. The maximum atomic E-state index is 13.3. The van der Waals surface area contributed by atoms with E-state index in [1.54, 1.807) is 12.1 Å². The Balaban J connectivity index is 2.64. The molecule has 84 valence electrons. The Labute approximate surface area is 94.1 Å². The maximum absolute atomic E-state index is 13.3. The summed E-state index contributed by atoms with van der Waals surface area (Å²) >= 11 is 5.86. The number of aliphatic hydroxyl groups excluding tert-OH is 1. The van der Waals surface area contributed by atoms with Crippen LogP contribution in [-0.4, -0.2) is 17.8 Å². The smallest absolute Gasteiger partial charge is 0.129 e. The first-order chi connectivity index (χ1) is 7.19. The van der Waals surface area contributed by atoms with Crippen LogP contribution in [0, 0.1) is 5.82 Å². The average Bonchev–Trinajstić information content (AvgIpc) is 2.23. The van der Waals surface area contributed by atoms with Gasteiger partial charge in [-0.05, 0) is 18.6 Å². The Morgan fingerprint density at radius 2 is 2.27 bits per heavy atom. The predicted molar refractivity (Wildman–Crippen MR) is 59.4 cm³/mol. The zero-order valence-electron chi connectivity index (χ0n) is 8.63. The summed E-state index contributed by atoms with van der Waals surface area (Å²) in [6.45, 7) is 2.34. The molecule has 1 aromatic carbocycles. The molecule has 0 amide bonds. The van der Waals surface area contributed by atoms with Crippen LogP contribution in [0.4, 0.5) is 4.39 Å². The van der Waals surface area contributed by atoms with Gasteiger partial charge in [-0.3, -0.25) is 0 Å². The highest BCUT2D eigenvalue weighted by atomic mass is 35.5. The van der Waals surface area contributed by atoms with Crippen molar-refractivity contribution in [2.45, 2.75) is 25.9 Å². The van der Waals surface area contributed by atoms with Crippen molar-refractivity contribution in [3.05, 3.63) is 34.6 Å². The van der Waals surface area contributed by atoms with Gasteiger partial charge in [0.05, 0.1) is 6.61 Å². The molecule has 0 aliphatic rings. The van der Waals surface area contributed by atoms with Crippen molar-refractivity contribution < 1.29 is 9.50 Å². The van der Waals surface area contributed by atoms with Crippen LogP contribution in [0.1, 0.15) is 18.9 Å². The Morgan fingerprint density at radius 3 is 2.80 bits per heavy atom. The first-order valence-electron chi connectivity index (χ1n) is 4.96. The Bertz CT molecular complexity index is 295. The second-order valence-corrected chi connectivity index (χ2v) is 3.78.